The zero-order valence-corrected chi connectivity index (χ0v) is 16.2. The van der Waals surface area contributed by atoms with Crippen LogP contribution in [-0.4, -0.2) is 23.0 Å². The lowest BCUT2D eigenvalue weighted by Crippen LogP contribution is -2.15. The molecular formula is C23H26N4O. The first-order valence-electron chi connectivity index (χ1n) is 9.65. The van der Waals surface area contributed by atoms with Crippen molar-refractivity contribution in [1.82, 2.24) is 4.98 Å². The minimum Gasteiger partial charge on any atom is -0.358 e. The molecule has 144 valence electrons. The second kappa shape index (κ2) is 9.22. The number of aryl methyl sites for hydroxylation is 1. The van der Waals surface area contributed by atoms with Crippen LogP contribution in [0.5, 0.6) is 0 Å². The number of hydrogen-bond donors (Lipinski definition) is 3. The van der Waals surface area contributed by atoms with Gasteiger partial charge in [-0.1, -0.05) is 42.0 Å². The predicted molar refractivity (Wildman–Crippen MR) is 113 cm³/mol. The van der Waals surface area contributed by atoms with E-state index >= 15 is 0 Å². The van der Waals surface area contributed by atoms with Crippen molar-refractivity contribution in [3.05, 3.63) is 64.9 Å². The summed E-state index contributed by atoms with van der Waals surface area (Å²) < 4.78 is 0. The highest BCUT2D eigenvalue weighted by atomic mass is 16.1. The van der Waals surface area contributed by atoms with Gasteiger partial charge in [0.05, 0.1) is 5.71 Å². The summed E-state index contributed by atoms with van der Waals surface area (Å²) in [5.74, 6) is -0.211. The number of rotatable bonds is 8. The van der Waals surface area contributed by atoms with Gasteiger partial charge in [-0.25, -0.2) is 5.53 Å². The van der Waals surface area contributed by atoms with Crippen LogP contribution in [0.3, 0.4) is 0 Å². The Kier molecular flexibility index (Phi) is 6.48. The average Bonchev–Trinajstić information content (AvgIpc) is 3.08. The minimum atomic E-state index is -0.211. The number of hydrogen-bond acceptors (Lipinski definition) is 4. The van der Waals surface area contributed by atoms with Crippen molar-refractivity contribution in [3.8, 4) is 11.3 Å². The van der Waals surface area contributed by atoms with Crippen LogP contribution < -0.4 is 0 Å². The van der Waals surface area contributed by atoms with Gasteiger partial charge in [0.1, 0.15) is 6.54 Å². The highest BCUT2D eigenvalue weighted by molar-refractivity contribution is 6.39. The summed E-state index contributed by atoms with van der Waals surface area (Å²) in [7, 11) is 0. The second-order valence-electron chi connectivity index (χ2n) is 7.26. The summed E-state index contributed by atoms with van der Waals surface area (Å²) in [4.78, 5) is 15.5. The first-order valence-corrected chi connectivity index (χ1v) is 9.65. The summed E-state index contributed by atoms with van der Waals surface area (Å²) >= 11 is 0. The van der Waals surface area contributed by atoms with E-state index in [0.717, 1.165) is 25.0 Å². The zero-order chi connectivity index (χ0) is 19.9. The molecule has 0 saturated heterocycles. The van der Waals surface area contributed by atoms with Gasteiger partial charge < -0.3 is 4.98 Å². The molecule has 28 heavy (non-hydrogen) atoms. The minimum absolute atomic E-state index is 0.0752. The number of aromatic nitrogens is 1. The smallest absolute Gasteiger partial charge is 0.178 e. The lowest BCUT2D eigenvalue weighted by molar-refractivity contribution is -0.113. The van der Waals surface area contributed by atoms with Gasteiger partial charge in [0.15, 0.2) is 5.78 Å². The van der Waals surface area contributed by atoms with Crippen LogP contribution in [0.4, 0.5) is 0 Å². The van der Waals surface area contributed by atoms with Crippen LogP contribution in [0.25, 0.3) is 17.3 Å². The van der Waals surface area contributed by atoms with Crippen molar-refractivity contribution in [2.24, 2.45) is 5.11 Å². The van der Waals surface area contributed by atoms with Crippen molar-refractivity contribution in [2.45, 2.75) is 39.0 Å². The predicted octanol–water partition coefficient (Wildman–Crippen LogP) is 5.75. The Morgan fingerprint density at radius 1 is 1.18 bits per heavy atom. The monoisotopic (exact) mass is 374 g/mol. The Morgan fingerprint density at radius 3 is 2.71 bits per heavy atom. The molecule has 1 aromatic heterocycles. The number of benzene rings is 1. The summed E-state index contributed by atoms with van der Waals surface area (Å²) in [6.45, 7) is 2.03. The molecule has 0 aliphatic heterocycles. The highest BCUT2D eigenvalue weighted by Crippen LogP contribution is 2.28. The molecule has 0 bridgehead atoms. The van der Waals surface area contributed by atoms with E-state index in [4.69, 9.17) is 10.9 Å². The van der Waals surface area contributed by atoms with Crippen LogP contribution in [0.2, 0.25) is 0 Å². The highest BCUT2D eigenvalue weighted by Gasteiger charge is 2.13. The summed E-state index contributed by atoms with van der Waals surface area (Å²) in [5.41, 5.74) is 14.0. The molecule has 0 amide bonds. The fourth-order valence-electron chi connectivity index (χ4n) is 3.49. The maximum Gasteiger partial charge on any atom is 0.178 e. The summed E-state index contributed by atoms with van der Waals surface area (Å²) in [6, 6.07) is 12.5. The van der Waals surface area contributed by atoms with Gasteiger partial charge in [-0.2, -0.15) is 5.11 Å². The van der Waals surface area contributed by atoms with Gasteiger partial charge in [-0.3, -0.25) is 10.2 Å². The molecule has 5 nitrogen and oxygen atoms in total. The van der Waals surface area contributed by atoms with Gasteiger partial charge in [0.2, 0.25) is 0 Å². The normalized spacial score (nSPS) is 15.5. The van der Waals surface area contributed by atoms with E-state index in [2.05, 4.69) is 47.4 Å². The van der Waals surface area contributed by atoms with Crippen molar-refractivity contribution in [1.29, 1.82) is 10.9 Å². The number of fused-ring (bicyclic) bond motifs is 1. The Morgan fingerprint density at radius 2 is 1.96 bits per heavy atom. The molecule has 0 fully saturated rings. The molecule has 3 N–H and O–H groups in total. The lowest BCUT2D eigenvalue weighted by atomic mass is 9.96. The third-order valence-corrected chi connectivity index (χ3v) is 5.00. The summed E-state index contributed by atoms with van der Waals surface area (Å²) in [6.07, 6.45) is 8.25. The van der Waals surface area contributed by atoms with Gasteiger partial charge in [-0.15, -0.1) is 0 Å². The fraction of sp³-hybridized carbons (Fsp3) is 0.304. The molecule has 2 aromatic rings. The largest absolute Gasteiger partial charge is 0.358 e. The molecule has 1 aliphatic carbocycles. The summed E-state index contributed by atoms with van der Waals surface area (Å²) in [5, 5.41) is 10.7. The van der Waals surface area contributed by atoms with Crippen LogP contribution in [-0.2, 0) is 11.2 Å². The molecule has 0 spiro atoms. The average molecular weight is 374 g/mol. The number of H-pyrrole nitrogens is 1. The number of carbonyl (C=O) groups excluding carboxylic acids is 1. The van der Waals surface area contributed by atoms with E-state index in [1.165, 1.54) is 28.0 Å². The molecular weight excluding hydrogens is 348 g/mol. The first kappa shape index (κ1) is 19.7. The molecule has 1 aliphatic rings. The lowest BCUT2D eigenvalue weighted by Gasteiger charge is -2.10. The van der Waals surface area contributed by atoms with E-state index in [9.17, 15) is 4.79 Å². The maximum atomic E-state index is 11.9. The first-order chi connectivity index (χ1) is 13.6. The molecule has 5 heteroatoms. The van der Waals surface area contributed by atoms with Crippen molar-refractivity contribution in [2.75, 3.05) is 6.54 Å². The van der Waals surface area contributed by atoms with Crippen LogP contribution in [0.15, 0.2) is 58.7 Å². The van der Waals surface area contributed by atoms with E-state index in [-0.39, 0.29) is 18.0 Å². The molecule has 1 aromatic carbocycles. The topological polar surface area (TPSA) is 92.9 Å². The van der Waals surface area contributed by atoms with Crippen LogP contribution >= 0.6 is 0 Å². The molecule has 1 heterocycles. The number of Topliss-reactive ketones (excluding diaryl/α,β-unsaturated/α-hetero) is 1. The number of carbonyl (C=O) groups is 1. The van der Waals surface area contributed by atoms with Crippen LogP contribution in [0.1, 0.15) is 43.9 Å². The molecule has 0 radical (unpaired) electrons. The zero-order valence-electron chi connectivity index (χ0n) is 16.2. The van der Waals surface area contributed by atoms with Gasteiger partial charge >= 0.3 is 0 Å². The standard InChI is InChI=1S/C23H26N4O/c1-16-10-11-21-19(14-22(27-21)18-7-3-2-4-8-18)13-17(12-16)6-5-9-23(28)20(24)15-26-25/h2-4,7-8,12-14,24-25,27H,5-6,9-11,15H2,1H3/b16-12?,17-13-,24-20?,26-25?. The fourth-order valence-corrected chi connectivity index (χ4v) is 3.49. The number of allylic oxidation sites excluding steroid dienone is 3. The van der Waals surface area contributed by atoms with Gasteiger partial charge in [0.25, 0.3) is 0 Å². The van der Waals surface area contributed by atoms with Crippen molar-refractivity contribution < 1.29 is 4.79 Å². The molecule has 0 saturated carbocycles. The molecule has 0 atom stereocenters. The Bertz CT molecular complexity index is 935. The van der Waals surface area contributed by atoms with Gasteiger partial charge in [0, 0.05) is 17.8 Å². The number of nitrogens with zero attached hydrogens (tertiary/aromatic N) is 1. The Labute approximate surface area is 165 Å². The molecule has 3 rings (SSSR count). The SMILES string of the molecule is CC1=C/C(CCCC(=O)C(=N)CN=N)=C\c2cc(-c3ccccc3)[nH]c2CC1. The van der Waals surface area contributed by atoms with E-state index in [1.54, 1.807) is 0 Å². The number of nitrogens with one attached hydrogen (secondary N) is 3. The third-order valence-electron chi connectivity index (χ3n) is 5.00. The van der Waals surface area contributed by atoms with E-state index < -0.39 is 0 Å². The number of aromatic amines is 1. The Hall–Kier alpha value is -3.08. The van der Waals surface area contributed by atoms with Gasteiger partial charge in [-0.05, 0) is 61.4 Å². The van der Waals surface area contributed by atoms with E-state index in [1.807, 2.05) is 18.2 Å². The molecule has 0 unspecified atom stereocenters. The third kappa shape index (κ3) is 5.00. The van der Waals surface area contributed by atoms with Crippen LogP contribution in [0, 0.1) is 10.9 Å². The second-order valence-corrected chi connectivity index (χ2v) is 7.26. The quantitative estimate of drug-likeness (QED) is 0.398. The van der Waals surface area contributed by atoms with Crippen molar-refractivity contribution in [3.63, 3.8) is 0 Å². The van der Waals surface area contributed by atoms with E-state index in [0.29, 0.717) is 12.8 Å². The maximum absolute atomic E-state index is 11.9. The van der Waals surface area contributed by atoms with Crippen molar-refractivity contribution >= 4 is 17.6 Å². The number of ketones is 1. The Balaban J connectivity index is 1.75.